The molecular formula is C15H21F2NO2S. The SMILES string of the molecule is CCC1CCc2sc(C(=O)N(CCO)CC(F)F)cc2C1. The molecule has 1 aromatic rings. The molecule has 1 atom stereocenters. The predicted octanol–water partition coefficient (Wildman–Crippen LogP) is 2.96. The van der Waals surface area contributed by atoms with Crippen LogP contribution in [0.25, 0.3) is 0 Å². The van der Waals surface area contributed by atoms with Crippen molar-refractivity contribution >= 4 is 17.2 Å². The molecule has 1 N–H and O–H groups in total. The zero-order valence-corrected chi connectivity index (χ0v) is 13.0. The Balaban J connectivity index is 2.13. The van der Waals surface area contributed by atoms with E-state index >= 15 is 0 Å². The average Bonchev–Trinajstić information content (AvgIpc) is 2.88. The summed E-state index contributed by atoms with van der Waals surface area (Å²) in [6.07, 6.45) is 1.63. The van der Waals surface area contributed by atoms with Gasteiger partial charge in [0.2, 0.25) is 0 Å². The molecule has 1 aromatic heterocycles. The number of rotatable bonds is 6. The molecule has 0 fully saturated rings. The Kier molecular flexibility index (Phi) is 5.70. The number of alkyl halides is 2. The fourth-order valence-electron chi connectivity index (χ4n) is 2.77. The lowest BCUT2D eigenvalue weighted by Gasteiger charge is -2.20. The van der Waals surface area contributed by atoms with E-state index in [0.29, 0.717) is 10.8 Å². The van der Waals surface area contributed by atoms with Crippen molar-refractivity contribution in [3.63, 3.8) is 0 Å². The molecule has 3 nitrogen and oxygen atoms in total. The van der Waals surface area contributed by atoms with E-state index in [1.54, 1.807) is 0 Å². The van der Waals surface area contributed by atoms with Crippen molar-refractivity contribution in [2.24, 2.45) is 5.92 Å². The fraction of sp³-hybridized carbons (Fsp3) is 0.667. The molecular weight excluding hydrogens is 296 g/mol. The number of fused-ring (bicyclic) bond motifs is 1. The Bertz CT molecular complexity index is 490. The van der Waals surface area contributed by atoms with E-state index in [4.69, 9.17) is 5.11 Å². The lowest BCUT2D eigenvalue weighted by atomic mass is 9.87. The van der Waals surface area contributed by atoms with Crippen LogP contribution in [0, 0.1) is 5.92 Å². The molecule has 1 aliphatic rings. The second-order valence-electron chi connectivity index (χ2n) is 5.44. The Labute approximate surface area is 127 Å². The molecule has 0 aromatic carbocycles. The number of aryl methyl sites for hydroxylation is 1. The van der Waals surface area contributed by atoms with Crippen molar-refractivity contribution in [1.82, 2.24) is 4.90 Å². The number of carbonyl (C=O) groups excluding carboxylic acids is 1. The van der Waals surface area contributed by atoms with Crippen molar-refractivity contribution in [2.75, 3.05) is 19.7 Å². The highest BCUT2D eigenvalue weighted by Gasteiger charge is 2.25. The molecule has 118 valence electrons. The first-order valence-electron chi connectivity index (χ1n) is 7.35. The summed E-state index contributed by atoms with van der Waals surface area (Å²) in [6, 6.07) is 1.86. The van der Waals surface area contributed by atoms with Crippen molar-refractivity contribution in [3.8, 4) is 0 Å². The monoisotopic (exact) mass is 317 g/mol. The van der Waals surface area contributed by atoms with Gasteiger partial charge >= 0.3 is 0 Å². The molecule has 0 aliphatic heterocycles. The molecule has 1 amide bonds. The standard InChI is InChI=1S/C15H21F2NO2S/c1-2-10-3-4-12-11(7-10)8-13(21-12)15(20)18(5-6-19)9-14(16)17/h8,10,14,19H,2-7,9H2,1H3. The number of amides is 1. The molecule has 0 bridgehead atoms. The van der Waals surface area contributed by atoms with Crippen LogP contribution in [0.5, 0.6) is 0 Å². The number of thiophene rings is 1. The molecule has 0 spiro atoms. The van der Waals surface area contributed by atoms with Crippen LogP contribution < -0.4 is 0 Å². The minimum atomic E-state index is -2.58. The van der Waals surface area contributed by atoms with Crippen LogP contribution in [-0.2, 0) is 12.8 Å². The van der Waals surface area contributed by atoms with Crippen molar-refractivity contribution in [1.29, 1.82) is 0 Å². The van der Waals surface area contributed by atoms with E-state index < -0.39 is 18.9 Å². The van der Waals surface area contributed by atoms with Gasteiger partial charge in [-0.15, -0.1) is 11.3 Å². The number of carbonyl (C=O) groups is 1. The summed E-state index contributed by atoms with van der Waals surface area (Å²) in [5, 5.41) is 8.94. The first-order chi connectivity index (χ1) is 10.0. The normalized spacial score (nSPS) is 17.9. The highest BCUT2D eigenvalue weighted by atomic mass is 32.1. The molecule has 1 unspecified atom stereocenters. The Morgan fingerprint density at radius 2 is 2.33 bits per heavy atom. The second-order valence-corrected chi connectivity index (χ2v) is 6.58. The summed E-state index contributed by atoms with van der Waals surface area (Å²) in [6.45, 7) is 1.18. The summed E-state index contributed by atoms with van der Waals surface area (Å²) in [7, 11) is 0. The molecule has 1 aliphatic carbocycles. The van der Waals surface area contributed by atoms with E-state index in [1.165, 1.54) is 21.8 Å². The van der Waals surface area contributed by atoms with Gasteiger partial charge in [-0.2, -0.15) is 0 Å². The van der Waals surface area contributed by atoms with Gasteiger partial charge in [-0.25, -0.2) is 8.78 Å². The number of halogens is 2. The van der Waals surface area contributed by atoms with Gasteiger partial charge in [0, 0.05) is 11.4 Å². The maximum atomic E-state index is 12.5. The molecule has 0 saturated heterocycles. The molecule has 6 heteroatoms. The van der Waals surface area contributed by atoms with Crippen molar-refractivity contribution < 1.29 is 18.7 Å². The predicted molar refractivity (Wildman–Crippen MR) is 79.1 cm³/mol. The van der Waals surface area contributed by atoms with Crippen LogP contribution in [0.2, 0.25) is 0 Å². The minimum Gasteiger partial charge on any atom is -0.395 e. The highest BCUT2D eigenvalue weighted by molar-refractivity contribution is 7.14. The van der Waals surface area contributed by atoms with Crippen LogP contribution >= 0.6 is 11.3 Å². The zero-order chi connectivity index (χ0) is 15.4. The summed E-state index contributed by atoms with van der Waals surface area (Å²) < 4.78 is 25.1. The van der Waals surface area contributed by atoms with Gasteiger partial charge in [0.25, 0.3) is 12.3 Å². The molecule has 21 heavy (non-hydrogen) atoms. The number of nitrogens with zero attached hydrogens (tertiary/aromatic N) is 1. The summed E-state index contributed by atoms with van der Waals surface area (Å²) >= 11 is 1.42. The van der Waals surface area contributed by atoms with Gasteiger partial charge in [0.1, 0.15) is 0 Å². The quantitative estimate of drug-likeness (QED) is 0.876. The molecule has 0 saturated carbocycles. The highest BCUT2D eigenvalue weighted by Crippen LogP contribution is 2.34. The van der Waals surface area contributed by atoms with Crippen LogP contribution in [0.3, 0.4) is 0 Å². The number of aliphatic hydroxyl groups excluding tert-OH is 1. The summed E-state index contributed by atoms with van der Waals surface area (Å²) in [5.74, 6) is 0.265. The van der Waals surface area contributed by atoms with Gasteiger partial charge in [-0.1, -0.05) is 13.3 Å². The Morgan fingerprint density at radius 1 is 1.57 bits per heavy atom. The van der Waals surface area contributed by atoms with Crippen LogP contribution in [0.15, 0.2) is 6.07 Å². The van der Waals surface area contributed by atoms with Gasteiger partial charge in [0.05, 0.1) is 18.0 Å². The third kappa shape index (κ3) is 4.01. The first kappa shape index (κ1) is 16.4. The lowest BCUT2D eigenvalue weighted by molar-refractivity contribution is 0.0513. The van der Waals surface area contributed by atoms with Crippen LogP contribution in [0.4, 0.5) is 8.78 Å². The van der Waals surface area contributed by atoms with E-state index in [0.717, 1.165) is 30.6 Å². The fourth-order valence-corrected chi connectivity index (χ4v) is 3.95. The number of hydrogen-bond donors (Lipinski definition) is 1. The zero-order valence-electron chi connectivity index (χ0n) is 12.1. The Hall–Kier alpha value is -1.01. The minimum absolute atomic E-state index is 0.0523. The van der Waals surface area contributed by atoms with Gasteiger partial charge < -0.3 is 10.0 Å². The second kappa shape index (κ2) is 7.31. The first-order valence-corrected chi connectivity index (χ1v) is 8.16. The third-order valence-electron chi connectivity index (χ3n) is 3.99. The summed E-state index contributed by atoms with van der Waals surface area (Å²) in [4.78, 5) is 15.1. The lowest BCUT2D eigenvalue weighted by Crippen LogP contribution is -2.36. The average molecular weight is 317 g/mol. The van der Waals surface area contributed by atoms with Gasteiger partial charge in [0.15, 0.2) is 0 Å². The molecule has 2 rings (SSSR count). The third-order valence-corrected chi connectivity index (χ3v) is 5.21. The van der Waals surface area contributed by atoms with Gasteiger partial charge in [-0.3, -0.25) is 4.79 Å². The smallest absolute Gasteiger partial charge is 0.264 e. The Morgan fingerprint density at radius 3 is 2.95 bits per heavy atom. The topological polar surface area (TPSA) is 40.5 Å². The number of aliphatic hydroxyl groups is 1. The van der Waals surface area contributed by atoms with Crippen molar-refractivity contribution in [2.45, 2.75) is 39.0 Å². The van der Waals surface area contributed by atoms with Gasteiger partial charge in [-0.05, 0) is 36.8 Å². The van der Waals surface area contributed by atoms with Crippen LogP contribution in [-0.4, -0.2) is 42.0 Å². The number of hydrogen-bond acceptors (Lipinski definition) is 3. The van der Waals surface area contributed by atoms with E-state index in [2.05, 4.69) is 6.92 Å². The van der Waals surface area contributed by atoms with Crippen molar-refractivity contribution in [3.05, 3.63) is 21.4 Å². The van der Waals surface area contributed by atoms with E-state index in [9.17, 15) is 13.6 Å². The van der Waals surface area contributed by atoms with E-state index in [-0.39, 0.29) is 13.2 Å². The molecule has 1 heterocycles. The summed E-state index contributed by atoms with van der Waals surface area (Å²) in [5.41, 5.74) is 1.20. The maximum Gasteiger partial charge on any atom is 0.264 e. The van der Waals surface area contributed by atoms with Crippen LogP contribution in [0.1, 0.15) is 39.9 Å². The molecule has 0 radical (unpaired) electrons. The van der Waals surface area contributed by atoms with E-state index in [1.807, 2.05) is 6.07 Å². The largest absolute Gasteiger partial charge is 0.395 e. The maximum absolute atomic E-state index is 12.5.